The van der Waals surface area contributed by atoms with Crippen LogP contribution in [0.4, 0.5) is 0 Å². The normalized spacial score (nSPS) is 16.7. The van der Waals surface area contributed by atoms with E-state index in [1.54, 1.807) is 25.6 Å². The molecule has 1 heterocycles. The summed E-state index contributed by atoms with van der Waals surface area (Å²) in [5.41, 5.74) is 1.66. The van der Waals surface area contributed by atoms with E-state index in [0.29, 0.717) is 17.9 Å². The summed E-state index contributed by atoms with van der Waals surface area (Å²) >= 11 is 5.10. The molecule has 1 atom stereocenters. The number of ether oxygens (including phenoxy) is 2. The van der Waals surface area contributed by atoms with E-state index in [1.807, 2.05) is 24.3 Å². The molecule has 0 saturated heterocycles. The number of hydrogen-bond acceptors (Lipinski definition) is 5. The summed E-state index contributed by atoms with van der Waals surface area (Å²) in [6, 6.07) is 3.73. The smallest absolute Gasteiger partial charge is 0.312 e. The van der Waals surface area contributed by atoms with Crippen molar-refractivity contribution in [1.29, 1.82) is 0 Å². The van der Waals surface area contributed by atoms with E-state index in [2.05, 4.69) is 20.9 Å². The SMILES string of the molecule is COc1cc(Br)c(C=Cc2nc3c(s2)CCCC3C(=O)O)cc1OC. The first-order chi connectivity index (χ1) is 12.0. The first-order valence-electron chi connectivity index (χ1n) is 7.85. The Morgan fingerprint density at radius 1 is 1.32 bits per heavy atom. The number of aliphatic carboxylic acids is 1. The van der Waals surface area contributed by atoms with Gasteiger partial charge in [-0.1, -0.05) is 22.0 Å². The summed E-state index contributed by atoms with van der Waals surface area (Å²) in [6.45, 7) is 0. The number of rotatable bonds is 5. The van der Waals surface area contributed by atoms with Crippen molar-refractivity contribution in [3.63, 3.8) is 0 Å². The molecule has 1 unspecified atom stereocenters. The molecule has 3 rings (SSSR count). The van der Waals surface area contributed by atoms with Crippen molar-refractivity contribution in [2.24, 2.45) is 0 Å². The van der Waals surface area contributed by atoms with Crippen LogP contribution in [-0.4, -0.2) is 30.3 Å². The highest BCUT2D eigenvalue weighted by Crippen LogP contribution is 2.37. The van der Waals surface area contributed by atoms with Gasteiger partial charge in [-0.15, -0.1) is 11.3 Å². The van der Waals surface area contributed by atoms with Crippen LogP contribution in [0, 0.1) is 0 Å². The van der Waals surface area contributed by atoms with Crippen molar-refractivity contribution in [2.75, 3.05) is 14.2 Å². The molecule has 1 aliphatic carbocycles. The topological polar surface area (TPSA) is 68.7 Å². The zero-order valence-corrected chi connectivity index (χ0v) is 16.3. The van der Waals surface area contributed by atoms with Gasteiger partial charge in [0, 0.05) is 9.35 Å². The van der Waals surface area contributed by atoms with Gasteiger partial charge >= 0.3 is 5.97 Å². The third-order valence-electron chi connectivity index (χ3n) is 4.18. The summed E-state index contributed by atoms with van der Waals surface area (Å²) in [5.74, 6) is 0.0367. The van der Waals surface area contributed by atoms with Gasteiger partial charge in [0.2, 0.25) is 0 Å². The third kappa shape index (κ3) is 3.72. The summed E-state index contributed by atoms with van der Waals surface area (Å²) < 4.78 is 11.5. The van der Waals surface area contributed by atoms with E-state index >= 15 is 0 Å². The largest absolute Gasteiger partial charge is 0.493 e. The lowest BCUT2D eigenvalue weighted by molar-refractivity contribution is -0.139. The fraction of sp³-hybridized carbons (Fsp3) is 0.333. The van der Waals surface area contributed by atoms with Gasteiger partial charge in [-0.25, -0.2) is 4.98 Å². The molecule has 7 heteroatoms. The average Bonchev–Trinajstić information content (AvgIpc) is 3.02. The molecule has 0 bridgehead atoms. The van der Waals surface area contributed by atoms with Gasteiger partial charge in [0.1, 0.15) is 5.01 Å². The minimum Gasteiger partial charge on any atom is -0.493 e. The maximum atomic E-state index is 11.4. The maximum absolute atomic E-state index is 11.4. The number of halogens is 1. The predicted molar refractivity (Wildman–Crippen MR) is 102 cm³/mol. The van der Waals surface area contributed by atoms with Crippen LogP contribution >= 0.6 is 27.3 Å². The zero-order chi connectivity index (χ0) is 18.0. The Bertz CT molecular complexity index is 831. The minimum atomic E-state index is -0.788. The molecule has 1 aliphatic rings. The van der Waals surface area contributed by atoms with Gasteiger partial charge in [0.25, 0.3) is 0 Å². The monoisotopic (exact) mass is 423 g/mol. The molecule has 132 valence electrons. The average molecular weight is 424 g/mol. The quantitative estimate of drug-likeness (QED) is 0.760. The Balaban J connectivity index is 1.89. The molecule has 5 nitrogen and oxygen atoms in total. The number of carbonyl (C=O) groups is 1. The van der Waals surface area contributed by atoms with E-state index in [1.165, 1.54) is 0 Å². The van der Waals surface area contributed by atoms with Crippen molar-refractivity contribution < 1.29 is 19.4 Å². The van der Waals surface area contributed by atoms with Crippen LogP contribution in [-0.2, 0) is 11.2 Å². The molecule has 1 aromatic carbocycles. The van der Waals surface area contributed by atoms with Crippen molar-refractivity contribution in [3.05, 3.63) is 37.7 Å². The van der Waals surface area contributed by atoms with Gasteiger partial charge in [0.15, 0.2) is 11.5 Å². The maximum Gasteiger partial charge on any atom is 0.312 e. The molecule has 25 heavy (non-hydrogen) atoms. The number of thiazole rings is 1. The van der Waals surface area contributed by atoms with E-state index in [0.717, 1.165) is 38.5 Å². The number of carboxylic acid groups (broad SMARTS) is 1. The Morgan fingerprint density at radius 3 is 2.72 bits per heavy atom. The van der Waals surface area contributed by atoms with Crippen LogP contribution in [0.15, 0.2) is 16.6 Å². The molecule has 0 amide bonds. The van der Waals surface area contributed by atoms with Gasteiger partial charge < -0.3 is 14.6 Å². The van der Waals surface area contributed by atoms with Crippen LogP contribution in [0.3, 0.4) is 0 Å². The summed E-state index contributed by atoms with van der Waals surface area (Å²) in [5, 5.41) is 10.2. The summed E-state index contributed by atoms with van der Waals surface area (Å²) in [7, 11) is 3.19. The van der Waals surface area contributed by atoms with Crippen LogP contribution in [0.1, 0.15) is 39.9 Å². The van der Waals surface area contributed by atoms with Crippen LogP contribution in [0.2, 0.25) is 0 Å². The Hall–Kier alpha value is -1.86. The molecule has 0 saturated carbocycles. The highest BCUT2D eigenvalue weighted by atomic mass is 79.9. The second kappa shape index (κ2) is 7.58. The summed E-state index contributed by atoms with van der Waals surface area (Å²) in [6.07, 6.45) is 6.32. The molecular formula is C18H18BrNO4S. The number of nitrogens with zero attached hydrogens (tertiary/aromatic N) is 1. The second-order valence-electron chi connectivity index (χ2n) is 5.71. The summed E-state index contributed by atoms with van der Waals surface area (Å²) in [4.78, 5) is 17.0. The molecule has 0 spiro atoms. The molecule has 1 aromatic heterocycles. The fourth-order valence-electron chi connectivity index (χ4n) is 2.91. The second-order valence-corrected chi connectivity index (χ2v) is 7.68. The highest BCUT2D eigenvalue weighted by Gasteiger charge is 2.29. The zero-order valence-electron chi connectivity index (χ0n) is 13.9. The standard InChI is InChI=1S/C18H18BrNO4S/c1-23-13-8-10(12(19)9-14(13)24-2)6-7-16-20-17-11(18(21)22)4-3-5-15(17)25-16/h6-9,11H,3-5H2,1-2H3,(H,21,22). The predicted octanol–water partition coefficient (Wildman–Crippen LogP) is 4.60. The Labute approximate surface area is 158 Å². The van der Waals surface area contributed by atoms with Crippen LogP contribution in [0.5, 0.6) is 11.5 Å². The highest BCUT2D eigenvalue weighted by molar-refractivity contribution is 9.10. The number of aryl methyl sites for hydroxylation is 1. The number of benzene rings is 1. The number of methoxy groups -OCH3 is 2. The minimum absolute atomic E-state index is 0.477. The van der Waals surface area contributed by atoms with Crippen LogP contribution < -0.4 is 9.47 Å². The van der Waals surface area contributed by atoms with E-state index in [-0.39, 0.29) is 0 Å². The van der Waals surface area contributed by atoms with Crippen molar-refractivity contribution in [3.8, 4) is 11.5 Å². The Morgan fingerprint density at radius 2 is 2.04 bits per heavy atom. The number of carboxylic acids is 1. The number of hydrogen-bond donors (Lipinski definition) is 1. The molecule has 0 fully saturated rings. The van der Waals surface area contributed by atoms with Gasteiger partial charge in [-0.2, -0.15) is 0 Å². The van der Waals surface area contributed by atoms with Crippen molar-refractivity contribution >= 4 is 45.4 Å². The molecule has 0 aliphatic heterocycles. The first kappa shape index (κ1) is 17.9. The van der Waals surface area contributed by atoms with E-state index in [9.17, 15) is 9.90 Å². The van der Waals surface area contributed by atoms with Gasteiger partial charge in [0.05, 0.1) is 25.8 Å². The third-order valence-corrected chi connectivity index (χ3v) is 5.96. The van der Waals surface area contributed by atoms with Gasteiger partial charge in [-0.3, -0.25) is 4.79 Å². The lowest BCUT2D eigenvalue weighted by Gasteiger charge is -2.16. The van der Waals surface area contributed by atoms with E-state index < -0.39 is 11.9 Å². The molecular weight excluding hydrogens is 406 g/mol. The fourth-order valence-corrected chi connectivity index (χ4v) is 4.43. The molecule has 2 aromatic rings. The first-order valence-corrected chi connectivity index (χ1v) is 9.46. The molecule has 0 radical (unpaired) electrons. The van der Waals surface area contributed by atoms with Crippen molar-refractivity contribution in [1.82, 2.24) is 4.98 Å². The number of aromatic nitrogens is 1. The Kier molecular flexibility index (Phi) is 5.44. The van der Waals surface area contributed by atoms with Gasteiger partial charge in [-0.05, 0) is 43.0 Å². The molecule has 1 N–H and O–H groups in total. The number of fused-ring (bicyclic) bond motifs is 1. The van der Waals surface area contributed by atoms with Crippen LogP contribution in [0.25, 0.3) is 12.2 Å². The lowest BCUT2D eigenvalue weighted by Crippen LogP contribution is -2.17. The lowest BCUT2D eigenvalue weighted by atomic mass is 9.91. The van der Waals surface area contributed by atoms with Crippen molar-refractivity contribution in [2.45, 2.75) is 25.2 Å². The van der Waals surface area contributed by atoms with E-state index in [4.69, 9.17) is 9.47 Å².